The molecule has 0 aliphatic heterocycles. The molecule has 0 spiro atoms. The molecule has 32 heavy (non-hydrogen) atoms. The molecule has 3 rings (SSSR count). The quantitative estimate of drug-likeness (QED) is 0.443. The number of nitrogens with one attached hydrogen (secondary N) is 1. The lowest BCUT2D eigenvalue weighted by atomic mass is 10.2. The zero-order valence-corrected chi connectivity index (χ0v) is 19.1. The van der Waals surface area contributed by atoms with Gasteiger partial charge in [-0.3, -0.25) is 9.48 Å². The summed E-state index contributed by atoms with van der Waals surface area (Å²) in [6.07, 6.45) is 7.82. The van der Waals surface area contributed by atoms with Gasteiger partial charge in [-0.2, -0.15) is 13.9 Å². The van der Waals surface area contributed by atoms with Crippen molar-refractivity contribution in [2.24, 2.45) is 7.05 Å². The molecule has 0 bridgehead atoms. The van der Waals surface area contributed by atoms with Crippen molar-refractivity contribution in [2.45, 2.75) is 32.7 Å². The molecular formula is C23H24F2N4O2S. The number of thiazole rings is 1. The lowest BCUT2D eigenvalue weighted by Gasteiger charge is -2.11. The van der Waals surface area contributed by atoms with Crippen molar-refractivity contribution < 1.29 is 18.3 Å². The summed E-state index contributed by atoms with van der Waals surface area (Å²) in [7, 11) is 1.44. The maximum Gasteiger partial charge on any atom is 0.309 e. The number of hydrogen-bond acceptors (Lipinski definition) is 5. The first-order valence-corrected chi connectivity index (χ1v) is 10.8. The van der Waals surface area contributed by atoms with Crippen molar-refractivity contribution in [3.05, 3.63) is 81.5 Å². The summed E-state index contributed by atoms with van der Waals surface area (Å²) < 4.78 is 34.4. The summed E-state index contributed by atoms with van der Waals surface area (Å²) >= 11 is 1.43. The lowest BCUT2D eigenvalue weighted by molar-refractivity contribution is 0.0470. The van der Waals surface area contributed by atoms with Crippen molar-refractivity contribution in [1.29, 1.82) is 0 Å². The molecule has 1 unspecified atom stereocenters. The van der Waals surface area contributed by atoms with E-state index in [-0.39, 0.29) is 11.7 Å². The maximum absolute atomic E-state index is 13.8. The molecule has 0 fully saturated rings. The number of nitrogens with zero attached hydrogens (tertiary/aromatic N) is 3. The van der Waals surface area contributed by atoms with Crippen molar-refractivity contribution >= 4 is 22.8 Å². The molecule has 1 aliphatic carbocycles. The topological polar surface area (TPSA) is 69.0 Å². The molecule has 1 atom stereocenters. The minimum atomic E-state index is -3.31. The molecule has 0 aromatic carbocycles. The number of hydrogen-bond donors (Lipinski definition) is 1. The highest BCUT2D eigenvalue weighted by Gasteiger charge is 2.32. The van der Waals surface area contributed by atoms with Crippen molar-refractivity contribution in [1.82, 2.24) is 20.1 Å². The molecule has 6 nitrogen and oxygen atoms in total. The molecule has 2 aromatic heterocycles. The van der Waals surface area contributed by atoms with Gasteiger partial charge in [-0.25, -0.2) is 4.98 Å². The van der Waals surface area contributed by atoms with E-state index in [0.717, 1.165) is 37.5 Å². The molecule has 1 aliphatic rings. The standard InChI is InChI=1S/C23H24F2N4O2S/c1-6-23(24,25)20-12-17(29(5)28-20)21(30)27-15(4)19-13-26-22(32-19)16-10-8-9-14(3)18(11-16)31-7-2/h6,8,10-13,15H,1,7H2,2-5H3,(H,27,30). The molecule has 0 radical (unpaired) electrons. The summed E-state index contributed by atoms with van der Waals surface area (Å²) in [6, 6.07) is 0.684. The third-order valence-corrected chi connectivity index (χ3v) is 6.00. The summed E-state index contributed by atoms with van der Waals surface area (Å²) in [5, 5.41) is 7.32. The van der Waals surface area contributed by atoms with Crippen molar-refractivity contribution in [3.63, 3.8) is 0 Å². The molecule has 0 saturated carbocycles. The summed E-state index contributed by atoms with van der Waals surface area (Å²) in [6.45, 7) is 9.31. The highest BCUT2D eigenvalue weighted by Crippen LogP contribution is 2.30. The number of allylic oxidation sites excluding steroid dienone is 5. The van der Waals surface area contributed by atoms with E-state index in [1.54, 1.807) is 13.1 Å². The Balaban J connectivity index is 1.76. The van der Waals surface area contributed by atoms with Crippen molar-refractivity contribution in [2.75, 3.05) is 6.61 Å². The van der Waals surface area contributed by atoms with Gasteiger partial charge in [0.05, 0.1) is 12.6 Å². The largest absolute Gasteiger partial charge is 0.493 e. The first-order chi connectivity index (χ1) is 15.2. The lowest BCUT2D eigenvalue weighted by Crippen LogP contribution is -2.27. The Morgan fingerprint density at radius 2 is 2.25 bits per heavy atom. The summed E-state index contributed by atoms with van der Waals surface area (Å²) in [5.41, 5.74) is 4.42. The molecule has 1 amide bonds. The Bertz CT molecular complexity index is 1170. The van der Waals surface area contributed by atoms with Gasteiger partial charge in [-0.1, -0.05) is 6.58 Å². The second kappa shape index (κ2) is 9.46. The van der Waals surface area contributed by atoms with Crippen molar-refractivity contribution in [3.8, 4) is 0 Å². The van der Waals surface area contributed by atoms with Crippen LogP contribution in [0.5, 0.6) is 0 Å². The number of aryl methyl sites for hydroxylation is 1. The number of rotatable bonds is 8. The van der Waals surface area contributed by atoms with E-state index in [0.29, 0.717) is 12.7 Å². The van der Waals surface area contributed by atoms with Gasteiger partial charge in [0.2, 0.25) is 0 Å². The average molecular weight is 459 g/mol. The van der Waals surface area contributed by atoms with Crippen LogP contribution in [-0.2, 0) is 17.7 Å². The average Bonchev–Trinajstić information content (AvgIpc) is 3.35. The SMILES string of the molecule is C=CC(F)(F)c1cc(C(=O)NC(C)c2cnc(C3=CC=C=C(C)C(OCC)=C3)s2)n(C)n1. The number of amides is 1. The third-order valence-electron chi connectivity index (χ3n) is 4.77. The minimum absolute atomic E-state index is 0.0283. The first kappa shape index (κ1) is 23.4. The van der Waals surface area contributed by atoms with Crippen LogP contribution in [0, 0.1) is 0 Å². The van der Waals surface area contributed by atoms with E-state index >= 15 is 0 Å². The molecule has 9 heteroatoms. The van der Waals surface area contributed by atoms with E-state index in [9.17, 15) is 13.6 Å². The number of alkyl halides is 2. The monoisotopic (exact) mass is 458 g/mol. The summed E-state index contributed by atoms with van der Waals surface area (Å²) in [4.78, 5) is 18.0. The molecule has 1 N–H and O–H groups in total. The fraction of sp³-hybridized carbons (Fsp3) is 0.304. The molecular weight excluding hydrogens is 434 g/mol. The molecule has 0 saturated heterocycles. The van der Waals surface area contributed by atoms with Gasteiger partial charge in [-0.05, 0) is 51.1 Å². The van der Waals surface area contributed by atoms with Gasteiger partial charge in [0.1, 0.15) is 22.2 Å². The van der Waals surface area contributed by atoms with Gasteiger partial charge in [-0.15, -0.1) is 17.1 Å². The van der Waals surface area contributed by atoms with Gasteiger partial charge in [0.15, 0.2) is 0 Å². The Hall–Kier alpha value is -3.29. The predicted molar refractivity (Wildman–Crippen MR) is 120 cm³/mol. The minimum Gasteiger partial charge on any atom is -0.493 e. The second-order valence-corrected chi connectivity index (χ2v) is 8.19. The highest BCUT2D eigenvalue weighted by atomic mass is 32.1. The summed E-state index contributed by atoms with van der Waals surface area (Å²) in [5.74, 6) is -3.09. The first-order valence-electron chi connectivity index (χ1n) is 9.97. The zero-order valence-electron chi connectivity index (χ0n) is 18.3. The maximum atomic E-state index is 13.8. The van der Waals surface area contributed by atoms with Crippen LogP contribution < -0.4 is 5.32 Å². The van der Waals surface area contributed by atoms with E-state index < -0.39 is 17.5 Å². The highest BCUT2D eigenvalue weighted by molar-refractivity contribution is 7.12. The van der Waals surface area contributed by atoms with Gasteiger partial charge >= 0.3 is 5.92 Å². The molecule has 168 valence electrons. The molecule has 2 aromatic rings. The van der Waals surface area contributed by atoms with Gasteiger partial charge in [0.25, 0.3) is 5.91 Å². The number of carbonyl (C=O) groups is 1. The van der Waals surface area contributed by atoms with Crippen LogP contribution in [0.15, 0.2) is 60.2 Å². The Morgan fingerprint density at radius 3 is 2.94 bits per heavy atom. The van der Waals surface area contributed by atoms with Gasteiger partial charge < -0.3 is 10.1 Å². The van der Waals surface area contributed by atoms with Crippen LogP contribution in [0.1, 0.15) is 52.9 Å². The number of carbonyl (C=O) groups excluding carboxylic acids is 1. The Morgan fingerprint density at radius 1 is 1.50 bits per heavy atom. The van der Waals surface area contributed by atoms with Gasteiger partial charge in [0, 0.05) is 29.3 Å². The predicted octanol–water partition coefficient (Wildman–Crippen LogP) is 5.06. The van der Waals surface area contributed by atoms with Crippen LogP contribution >= 0.6 is 11.3 Å². The smallest absolute Gasteiger partial charge is 0.309 e. The van der Waals surface area contributed by atoms with E-state index in [1.807, 2.05) is 32.1 Å². The second-order valence-electron chi connectivity index (χ2n) is 7.13. The van der Waals surface area contributed by atoms with Crippen LogP contribution in [0.2, 0.25) is 0 Å². The Kier molecular flexibility index (Phi) is 6.91. The fourth-order valence-corrected chi connectivity index (χ4v) is 3.89. The number of ether oxygens (including phenoxy) is 1. The Labute approximate surface area is 189 Å². The van der Waals surface area contributed by atoms with Crippen LogP contribution in [0.25, 0.3) is 5.57 Å². The van der Waals surface area contributed by atoms with Crippen LogP contribution in [0.3, 0.4) is 0 Å². The van der Waals surface area contributed by atoms with E-state index in [2.05, 4.69) is 27.7 Å². The normalized spacial score (nSPS) is 14.8. The zero-order chi connectivity index (χ0) is 23.5. The fourth-order valence-electron chi connectivity index (χ4n) is 2.97. The molecule has 2 heterocycles. The van der Waals surface area contributed by atoms with E-state index in [1.165, 1.54) is 18.4 Å². The van der Waals surface area contributed by atoms with Crippen LogP contribution in [0.4, 0.5) is 8.78 Å². The van der Waals surface area contributed by atoms with Crippen LogP contribution in [-0.4, -0.2) is 27.3 Å². The number of aromatic nitrogens is 3. The van der Waals surface area contributed by atoms with E-state index in [4.69, 9.17) is 4.74 Å². The number of halogens is 2. The third kappa shape index (κ3) is 4.95.